The molecule has 6 heteroatoms. The number of nitrogen functional groups attached to an aromatic ring is 1. The summed E-state index contributed by atoms with van der Waals surface area (Å²) in [6, 6.07) is 3.63. The molecule has 2 amide bonds. The van der Waals surface area contributed by atoms with Crippen LogP contribution in [0.4, 0.5) is 17.1 Å². The maximum Gasteiger partial charge on any atom is 0.239 e. The Hall–Kier alpha value is -2.24. The van der Waals surface area contributed by atoms with Crippen LogP contribution in [-0.2, 0) is 16.0 Å². The summed E-state index contributed by atoms with van der Waals surface area (Å²) in [5, 5.41) is 8.70. The Labute approximate surface area is 124 Å². The normalized spacial score (nSPS) is 14.1. The van der Waals surface area contributed by atoms with Crippen molar-refractivity contribution in [2.24, 2.45) is 0 Å². The second-order valence-electron chi connectivity index (χ2n) is 6.30. The molecule has 0 radical (unpaired) electrons. The third-order valence-corrected chi connectivity index (χ3v) is 3.12. The summed E-state index contributed by atoms with van der Waals surface area (Å²) in [5.74, 6) is -0.104. The van der Waals surface area contributed by atoms with Gasteiger partial charge in [-0.1, -0.05) is 0 Å². The average molecular weight is 290 g/mol. The van der Waals surface area contributed by atoms with Crippen molar-refractivity contribution < 1.29 is 9.59 Å². The van der Waals surface area contributed by atoms with E-state index in [4.69, 9.17) is 5.73 Å². The van der Waals surface area contributed by atoms with E-state index in [1.165, 1.54) is 0 Å². The largest absolute Gasteiger partial charge is 0.397 e. The predicted octanol–water partition coefficient (Wildman–Crippen LogP) is 1.48. The van der Waals surface area contributed by atoms with Crippen LogP contribution in [0.1, 0.15) is 32.8 Å². The lowest BCUT2D eigenvalue weighted by molar-refractivity contribution is -0.120. The van der Waals surface area contributed by atoms with Crippen molar-refractivity contribution in [3.63, 3.8) is 0 Å². The molecule has 1 aromatic rings. The number of rotatable bonds is 3. The highest BCUT2D eigenvalue weighted by Gasteiger charge is 2.17. The molecule has 0 fully saturated rings. The molecule has 1 aliphatic rings. The van der Waals surface area contributed by atoms with Gasteiger partial charge >= 0.3 is 0 Å². The molecular formula is C15H22N4O2. The van der Waals surface area contributed by atoms with Gasteiger partial charge in [-0.3, -0.25) is 9.59 Å². The number of hydrogen-bond acceptors (Lipinski definition) is 4. The van der Waals surface area contributed by atoms with Gasteiger partial charge in [0.2, 0.25) is 11.8 Å². The van der Waals surface area contributed by atoms with Crippen LogP contribution < -0.4 is 21.7 Å². The third-order valence-electron chi connectivity index (χ3n) is 3.12. The lowest BCUT2D eigenvalue weighted by Crippen LogP contribution is -2.43. The van der Waals surface area contributed by atoms with E-state index in [2.05, 4.69) is 16.0 Å². The second-order valence-corrected chi connectivity index (χ2v) is 6.30. The van der Waals surface area contributed by atoms with Gasteiger partial charge in [-0.2, -0.15) is 0 Å². The van der Waals surface area contributed by atoms with Crippen molar-refractivity contribution >= 4 is 28.9 Å². The van der Waals surface area contributed by atoms with Crippen LogP contribution >= 0.6 is 0 Å². The monoisotopic (exact) mass is 290 g/mol. The third kappa shape index (κ3) is 4.11. The van der Waals surface area contributed by atoms with E-state index in [-0.39, 0.29) is 23.9 Å². The fourth-order valence-electron chi connectivity index (χ4n) is 2.24. The van der Waals surface area contributed by atoms with Crippen LogP contribution in [0.25, 0.3) is 0 Å². The number of benzene rings is 1. The Morgan fingerprint density at radius 2 is 2.05 bits per heavy atom. The van der Waals surface area contributed by atoms with Gasteiger partial charge in [-0.15, -0.1) is 0 Å². The molecule has 1 aliphatic heterocycles. The summed E-state index contributed by atoms with van der Waals surface area (Å²) in [7, 11) is 0. The van der Waals surface area contributed by atoms with Gasteiger partial charge in [0, 0.05) is 17.6 Å². The van der Waals surface area contributed by atoms with E-state index in [0.29, 0.717) is 24.2 Å². The standard InChI is InChI=1S/C15H22N4O2/c1-15(2,3)19-14(21)8-17-12-7-11-9(6-10(12)16)4-5-13(20)18-11/h6-7,17H,4-5,8,16H2,1-3H3,(H,18,20)(H,19,21). The summed E-state index contributed by atoms with van der Waals surface area (Å²) in [6.07, 6.45) is 1.17. The van der Waals surface area contributed by atoms with Crippen molar-refractivity contribution in [2.75, 3.05) is 22.9 Å². The Balaban J connectivity index is 2.05. The average Bonchev–Trinajstić information content (AvgIpc) is 2.34. The molecule has 21 heavy (non-hydrogen) atoms. The molecular weight excluding hydrogens is 268 g/mol. The smallest absolute Gasteiger partial charge is 0.239 e. The van der Waals surface area contributed by atoms with Crippen LogP contribution in [0, 0.1) is 0 Å². The van der Waals surface area contributed by atoms with E-state index in [1.54, 1.807) is 6.07 Å². The van der Waals surface area contributed by atoms with E-state index in [1.807, 2.05) is 26.8 Å². The van der Waals surface area contributed by atoms with Crippen LogP contribution in [-0.4, -0.2) is 23.9 Å². The lowest BCUT2D eigenvalue weighted by atomic mass is 10.0. The molecule has 0 aliphatic carbocycles. The van der Waals surface area contributed by atoms with Crippen LogP contribution in [0.5, 0.6) is 0 Å². The number of carbonyl (C=O) groups is 2. The van der Waals surface area contributed by atoms with Gasteiger partial charge in [0.1, 0.15) is 0 Å². The number of carbonyl (C=O) groups excluding carboxylic acids is 2. The van der Waals surface area contributed by atoms with E-state index >= 15 is 0 Å². The molecule has 0 aromatic heterocycles. The number of nitrogens with one attached hydrogen (secondary N) is 3. The SMILES string of the molecule is CC(C)(C)NC(=O)CNc1cc2c(cc1N)CCC(=O)N2. The number of anilines is 3. The number of amides is 2. The highest BCUT2D eigenvalue weighted by molar-refractivity contribution is 5.96. The maximum atomic E-state index is 11.8. The first kappa shape index (κ1) is 15.2. The van der Waals surface area contributed by atoms with E-state index in [9.17, 15) is 9.59 Å². The molecule has 5 N–H and O–H groups in total. The molecule has 114 valence electrons. The summed E-state index contributed by atoms with van der Waals surface area (Å²) in [6.45, 7) is 5.91. The zero-order valence-electron chi connectivity index (χ0n) is 12.7. The van der Waals surface area contributed by atoms with Crippen LogP contribution in [0.2, 0.25) is 0 Å². The van der Waals surface area contributed by atoms with E-state index in [0.717, 1.165) is 11.3 Å². The van der Waals surface area contributed by atoms with Crippen molar-refractivity contribution in [2.45, 2.75) is 39.2 Å². The van der Waals surface area contributed by atoms with Gasteiger partial charge in [-0.25, -0.2) is 0 Å². The summed E-state index contributed by atoms with van der Waals surface area (Å²) >= 11 is 0. The quantitative estimate of drug-likeness (QED) is 0.634. The fourth-order valence-corrected chi connectivity index (χ4v) is 2.24. The molecule has 1 heterocycles. The first-order chi connectivity index (χ1) is 9.74. The van der Waals surface area contributed by atoms with Gasteiger partial charge in [0.05, 0.1) is 17.9 Å². The summed E-state index contributed by atoms with van der Waals surface area (Å²) in [5.41, 5.74) is 8.73. The molecule has 2 rings (SSSR count). The van der Waals surface area contributed by atoms with Gasteiger partial charge in [0.15, 0.2) is 0 Å². The molecule has 0 saturated heterocycles. The van der Waals surface area contributed by atoms with Gasteiger partial charge < -0.3 is 21.7 Å². The minimum atomic E-state index is -0.270. The zero-order chi connectivity index (χ0) is 15.6. The first-order valence-electron chi connectivity index (χ1n) is 7.02. The predicted molar refractivity (Wildman–Crippen MR) is 84.2 cm³/mol. The fraction of sp³-hybridized carbons (Fsp3) is 0.467. The van der Waals surface area contributed by atoms with Crippen molar-refractivity contribution in [3.05, 3.63) is 17.7 Å². The molecule has 0 unspecified atom stereocenters. The second kappa shape index (κ2) is 5.63. The highest BCUT2D eigenvalue weighted by atomic mass is 16.2. The topological polar surface area (TPSA) is 96.2 Å². The lowest BCUT2D eigenvalue weighted by Gasteiger charge is -2.22. The molecule has 1 aromatic carbocycles. The minimum absolute atomic E-state index is 0.00342. The summed E-state index contributed by atoms with van der Waals surface area (Å²) < 4.78 is 0. The van der Waals surface area contributed by atoms with Gasteiger partial charge in [0.25, 0.3) is 0 Å². The van der Waals surface area contributed by atoms with Crippen LogP contribution in [0.15, 0.2) is 12.1 Å². The van der Waals surface area contributed by atoms with E-state index < -0.39 is 0 Å². The van der Waals surface area contributed by atoms with Gasteiger partial charge in [-0.05, 0) is 44.9 Å². The molecule has 0 atom stereocenters. The molecule has 6 nitrogen and oxygen atoms in total. The number of hydrogen-bond donors (Lipinski definition) is 4. The Morgan fingerprint density at radius 3 is 2.71 bits per heavy atom. The summed E-state index contributed by atoms with van der Waals surface area (Å²) in [4.78, 5) is 23.2. The maximum absolute atomic E-state index is 11.8. The molecule has 0 spiro atoms. The van der Waals surface area contributed by atoms with Crippen LogP contribution in [0.3, 0.4) is 0 Å². The Kier molecular flexibility index (Phi) is 4.06. The zero-order valence-corrected chi connectivity index (χ0v) is 12.7. The Morgan fingerprint density at radius 1 is 1.33 bits per heavy atom. The Bertz CT molecular complexity index is 576. The van der Waals surface area contributed by atoms with Crippen molar-refractivity contribution in [1.82, 2.24) is 5.32 Å². The number of nitrogens with two attached hydrogens (primary N) is 1. The molecule has 0 bridgehead atoms. The highest BCUT2D eigenvalue weighted by Crippen LogP contribution is 2.30. The van der Waals surface area contributed by atoms with Crippen molar-refractivity contribution in [3.8, 4) is 0 Å². The first-order valence-corrected chi connectivity index (χ1v) is 7.02. The minimum Gasteiger partial charge on any atom is -0.397 e. The number of fused-ring (bicyclic) bond motifs is 1. The molecule has 0 saturated carbocycles. The van der Waals surface area contributed by atoms with Crippen molar-refractivity contribution in [1.29, 1.82) is 0 Å². The number of aryl methyl sites for hydroxylation is 1.